The van der Waals surface area contributed by atoms with Crippen LogP contribution in [0.5, 0.6) is 0 Å². The van der Waals surface area contributed by atoms with Crippen molar-refractivity contribution in [3.8, 4) is 0 Å². The van der Waals surface area contributed by atoms with Crippen molar-refractivity contribution in [2.45, 2.75) is 19.8 Å². The Morgan fingerprint density at radius 2 is 2.10 bits per heavy atom. The first kappa shape index (κ1) is 12.6. The summed E-state index contributed by atoms with van der Waals surface area (Å²) < 4.78 is 0. The number of pyridine rings is 1. The molecule has 1 heterocycles. The molecule has 0 fully saturated rings. The van der Waals surface area contributed by atoms with Crippen LogP contribution in [0.25, 0.3) is 5.57 Å². The van der Waals surface area contributed by atoms with Crippen LogP contribution >= 0.6 is 0 Å². The van der Waals surface area contributed by atoms with Crippen molar-refractivity contribution < 1.29 is 9.90 Å². The number of hydrogen-bond acceptors (Lipinski definition) is 2. The fourth-order valence-corrected chi connectivity index (χ4v) is 2.65. The second-order valence-electron chi connectivity index (χ2n) is 5.02. The molecule has 3 heteroatoms. The highest BCUT2D eigenvalue weighted by Crippen LogP contribution is 2.32. The molecule has 0 unspecified atom stereocenters. The highest BCUT2D eigenvalue weighted by molar-refractivity contribution is 5.91. The third-order valence-electron chi connectivity index (χ3n) is 3.62. The average Bonchev–Trinajstić information content (AvgIpc) is 2.46. The topological polar surface area (TPSA) is 50.2 Å². The lowest BCUT2D eigenvalue weighted by Crippen LogP contribution is -2.05. The number of aromatic carboxylic acids is 1. The normalized spacial score (nSPS) is 13.6. The van der Waals surface area contributed by atoms with Crippen LogP contribution in [0, 0.1) is 6.92 Å². The zero-order chi connectivity index (χ0) is 14.1. The number of carboxylic acid groups (broad SMARTS) is 1. The monoisotopic (exact) mass is 265 g/mol. The number of nitrogens with zero attached hydrogens (tertiary/aromatic N) is 1. The Bertz CT molecular complexity index is 717. The first-order valence-electron chi connectivity index (χ1n) is 6.65. The van der Waals surface area contributed by atoms with Crippen LogP contribution in [0.3, 0.4) is 0 Å². The van der Waals surface area contributed by atoms with Crippen molar-refractivity contribution in [3.05, 3.63) is 70.6 Å². The maximum Gasteiger partial charge on any atom is 0.335 e. The molecule has 0 atom stereocenters. The fourth-order valence-electron chi connectivity index (χ4n) is 2.65. The number of benzene rings is 1. The van der Waals surface area contributed by atoms with Gasteiger partial charge in [-0.25, -0.2) is 4.79 Å². The molecule has 0 aliphatic heterocycles. The Balaban J connectivity index is 2.14. The lowest BCUT2D eigenvalue weighted by Gasteiger charge is -2.19. The Labute approximate surface area is 117 Å². The smallest absolute Gasteiger partial charge is 0.335 e. The molecule has 1 aromatic heterocycles. The molecule has 100 valence electrons. The van der Waals surface area contributed by atoms with Crippen molar-refractivity contribution in [1.82, 2.24) is 4.98 Å². The highest BCUT2D eigenvalue weighted by atomic mass is 16.4. The van der Waals surface area contributed by atoms with E-state index >= 15 is 0 Å². The lowest BCUT2D eigenvalue weighted by atomic mass is 9.86. The summed E-state index contributed by atoms with van der Waals surface area (Å²) in [5.74, 6) is -0.886. The molecule has 1 aromatic carbocycles. The van der Waals surface area contributed by atoms with E-state index in [4.69, 9.17) is 5.11 Å². The van der Waals surface area contributed by atoms with Gasteiger partial charge in [0.15, 0.2) is 0 Å². The largest absolute Gasteiger partial charge is 0.478 e. The number of hydrogen-bond donors (Lipinski definition) is 1. The number of aromatic nitrogens is 1. The first-order valence-corrected chi connectivity index (χ1v) is 6.65. The van der Waals surface area contributed by atoms with Gasteiger partial charge in [-0.1, -0.05) is 12.1 Å². The molecule has 0 amide bonds. The van der Waals surface area contributed by atoms with E-state index in [1.54, 1.807) is 18.3 Å². The third-order valence-corrected chi connectivity index (χ3v) is 3.62. The van der Waals surface area contributed by atoms with E-state index in [0.29, 0.717) is 5.56 Å². The number of fused-ring (bicyclic) bond motifs is 1. The number of allylic oxidation sites excluding steroid dienone is 1. The van der Waals surface area contributed by atoms with Gasteiger partial charge in [0.2, 0.25) is 0 Å². The summed E-state index contributed by atoms with van der Waals surface area (Å²) in [5, 5.41) is 9.16. The van der Waals surface area contributed by atoms with Crippen molar-refractivity contribution >= 4 is 11.5 Å². The maximum atomic E-state index is 11.2. The Hall–Kier alpha value is -2.42. The predicted octanol–water partition coefficient (Wildman–Crippen LogP) is 3.47. The number of aryl methyl sites for hydroxylation is 2. The van der Waals surface area contributed by atoms with Gasteiger partial charge in [-0.05, 0) is 66.3 Å². The summed E-state index contributed by atoms with van der Waals surface area (Å²) in [5.41, 5.74) is 5.75. The molecule has 0 bridgehead atoms. The van der Waals surface area contributed by atoms with Crippen LogP contribution in [-0.4, -0.2) is 16.1 Å². The van der Waals surface area contributed by atoms with Gasteiger partial charge in [0.25, 0.3) is 0 Å². The molecule has 1 aliphatic carbocycles. The molecule has 0 saturated carbocycles. The van der Waals surface area contributed by atoms with Crippen LogP contribution in [-0.2, 0) is 6.42 Å². The second-order valence-corrected chi connectivity index (χ2v) is 5.02. The van der Waals surface area contributed by atoms with Crippen LogP contribution in [0.2, 0.25) is 0 Å². The molecule has 1 N–H and O–H groups in total. The van der Waals surface area contributed by atoms with Gasteiger partial charge in [-0.2, -0.15) is 0 Å². The van der Waals surface area contributed by atoms with E-state index in [1.165, 1.54) is 5.56 Å². The van der Waals surface area contributed by atoms with Gasteiger partial charge in [0.1, 0.15) is 0 Å². The van der Waals surface area contributed by atoms with E-state index in [-0.39, 0.29) is 0 Å². The van der Waals surface area contributed by atoms with Gasteiger partial charge in [0.05, 0.1) is 5.56 Å². The molecule has 0 radical (unpaired) electrons. The van der Waals surface area contributed by atoms with Crippen LogP contribution in [0.1, 0.15) is 39.2 Å². The molecule has 3 nitrogen and oxygen atoms in total. The first-order chi connectivity index (χ1) is 9.65. The van der Waals surface area contributed by atoms with Crippen LogP contribution < -0.4 is 0 Å². The second kappa shape index (κ2) is 4.93. The standard InChI is InChI=1S/C17H15NO2/c1-11-9-13(7-8-18-11)15-4-2-3-12-5-6-14(17(19)20)10-16(12)15/h4-10H,2-3H2,1H3,(H,19,20). The molecule has 0 spiro atoms. The van der Waals surface area contributed by atoms with Crippen LogP contribution in [0.15, 0.2) is 42.6 Å². The SMILES string of the molecule is Cc1cc(C2=CCCc3ccc(C(=O)O)cc32)ccn1. The quantitative estimate of drug-likeness (QED) is 0.904. The van der Waals surface area contributed by atoms with E-state index < -0.39 is 5.97 Å². The van der Waals surface area contributed by atoms with Crippen molar-refractivity contribution in [3.63, 3.8) is 0 Å². The Morgan fingerprint density at radius 1 is 1.25 bits per heavy atom. The van der Waals surface area contributed by atoms with Gasteiger partial charge in [0, 0.05) is 11.9 Å². The molecular formula is C17H15NO2. The molecule has 20 heavy (non-hydrogen) atoms. The van der Waals surface area contributed by atoms with E-state index in [9.17, 15) is 4.79 Å². The van der Waals surface area contributed by atoms with E-state index in [0.717, 1.165) is 35.2 Å². The van der Waals surface area contributed by atoms with Gasteiger partial charge in [-0.15, -0.1) is 0 Å². The summed E-state index contributed by atoms with van der Waals surface area (Å²) in [6.45, 7) is 1.96. The Kier molecular flexibility index (Phi) is 3.11. The maximum absolute atomic E-state index is 11.2. The molecule has 0 saturated heterocycles. The molecular weight excluding hydrogens is 250 g/mol. The molecule has 2 aromatic rings. The number of carboxylic acids is 1. The zero-order valence-corrected chi connectivity index (χ0v) is 11.3. The number of rotatable bonds is 2. The summed E-state index contributed by atoms with van der Waals surface area (Å²) in [7, 11) is 0. The van der Waals surface area contributed by atoms with Crippen LogP contribution in [0.4, 0.5) is 0 Å². The van der Waals surface area contributed by atoms with Crippen molar-refractivity contribution in [2.24, 2.45) is 0 Å². The molecule has 3 rings (SSSR count). The molecule has 1 aliphatic rings. The minimum absolute atomic E-state index is 0.335. The Morgan fingerprint density at radius 3 is 2.85 bits per heavy atom. The average molecular weight is 265 g/mol. The fraction of sp³-hybridized carbons (Fsp3) is 0.176. The van der Waals surface area contributed by atoms with Gasteiger partial charge < -0.3 is 5.11 Å². The number of carbonyl (C=O) groups is 1. The van der Waals surface area contributed by atoms with Gasteiger partial charge in [-0.3, -0.25) is 4.98 Å². The summed E-state index contributed by atoms with van der Waals surface area (Å²) in [4.78, 5) is 15.4. The van der Waals surface area contributed by atoms with Crippen molar-refractivity contribution in [1.29, 1.82) is 0 Å². The highest BCUT2D eigenvalue weighted by Gasteiger charge is 2.16. The van der Waals surface area contributed by atoms with E-state index in [1.807, 2.05) is 25.1 Å². The zero-order valence-electron chi connectivity index (χ0n) is 11.3. The summed E-state index contributed by atoms with van der Waals surface area (Å²) in [6.07, 6.45) is 5.92. The van der Waals surface area contributed by atoms with E-state index in [2.05, 4.69) is 11.1 Å². The van der Waals surface area contributed by atoms with Gasteiger partial charge >= 0.3 is 5.97 Å². The summed E-state index contributed by atoms with van der Waals surface area (Å²) >= 11 is 0. The minimum Gasteiger partial charge on any atom is -0.478 e. The predicted molar refractivity (Wildman–Crippen MR) is 77.8 cm³/mol. The summed E-state index contributed by atoms with van der Waals surface area (Å²) in [6, 6.07) is 9.40. The lowest BCUT2D eigenvalue weighted by molar-refractivity contribution is 0.0697. The minimum atomic E-state index is -0.886. The third kappa shape index (κ3) is 2.23. The van der Waals surface area contributed by atoms with Crippen molar-refractivity contribution in [2.75, 3.05) is 0 Å².